The summed E-state index contributed by atoms with van der Waals surface area (Å²) in [7, 11) is 1.84. The minimum absolute atomic E-state index is 0.0282. The molecule has 0 bridgehead atoms. The van der Waals surface area contributed by atoms with E-state index in [2.05, 4.69) is 35.8 Å². The molecular formula is C19H19N9O. The van der Waals surface area contributed by atoms with E-state index in [4.69, 9.17) is 5.84 Å². The predicted molar refractivity (Wildman–Crippen MR) is 109 cm³/mol. The number of aryl methyl sites for hydroxylation is 1. The van der Waals surface area contributed by atoms with Crippen molar-refractivity contribution in [3.8, 4) is 28.4 Å². The third kappa shape index (κ3) is 4.12. The molecule has 10 heteroatoms. The molecule has 0 unspecified atom stereocenters. The van der Waals surface area contributed by atoms with Crippen LogP contribution >= 0.6 is 0 Å². The van der Waals surface area contributed by atoms with Crippen LogP contribution in [0.2, 0.25) is 0 Å². The molecule has 0 saturated heterocycles. The Hall–Kier alpha value is -4.05. The van der Waals surface area contributed by atoms with Crippen LogP contribution in [0, 0.1) is 0 Å². The van der Waals surface area contributed by atoms with E-state index in [0.717, 1.165) is 16.7 Å². The average Bonchev–Trinajstić information content (AvgIpc) is 3.19. The van der Waals surface area contributed by atoms with Gasteiger partial charge in [-0.3, -0.25) is 4.68 Å². The zero-order chi connectivity index (χ0) is 20.2. The number of nitrogens with one attached hydrogen (secondary N) is 2. The van der Waals surface area contributed by atoms with Crippen LogP contribution in [0.1, 0.15) is 5.56 Å². The van der Waals surface area contributed by atoms with E-state index in [9.17, 15) is 5.11 Å². The number of hydrazine groups is 1. The number of anilines is 2. The highest BCUT2D eigenvalue weighted by Crippen LogP contribution is 2.23. The maximum absolute atomic E-state index is 9.35. The van der Waals surface area contributed by atoms with E-state index in [1.807, 2.05) is 37.5 Å². The molecule has 0 aliphatic carbocycles. The maximum atomic E-state index is 9.35. The molecule has 0 spiro atoms. The quantitative estimate of drug-likeness (QED) is 0.288. The van der Waals surface area contributed by atoms with Crippen molar-refractivity contribution in [3.63, 3.8) is 0 Å². The van der Waals surface area contributed by atoms with Gasteiger partial charge in [-0.1, -0.05) is 18.2 Å². The van der Waals surface area contributed by atoms with Crippen molar-refractivity contribution in [2.24, 2.45) is 12.9 Å². The third-order valence-electron chi connectivity index (χ3n) is 4.19. The Morgan fingerprint density at radius 2 is 1.86 bits per heavy atom. The number of aromatic nitrogens is 6. The van der Waals surface area contributed by atoms with Crippen molar-refractivity contribution in [2.45, 2.75) is 6.54 Å². The van der Waals surface area contributed by atoms with Gasteiger partial charge in [-0.05, 0) is 11.6 Å². The highest BCUT2D eigenvalue weighted by Gasteiger charge is 2.10. The molecule has 146 valence electrons. The van der Waals surface area contributed by atoms with Gasteiger partial charge in [-0.15, -0.1) is 0 Å². The van der Waals surface area contributed by atoms with Crippen molar-refractivity contribution >= 4 is 11.6 Å². The van der Waals surface area contributed by atoms with Gasteiger partial charge in [0.2, 0.25) is 0 Å². The molecule has 4 aromatic rings. The van der Waals surface area contributed by atoms with E-state index in [1.54, 1.807) is 17.1 Å². The van der Waals surface area contributed by atoms with Crippen LogP contribution in [0.25, 0.3) is 22.6 Å². The molecule has 0 atom stereocenters. The molecule has 0 aliphatic rings. The van der Waals surface area contributed by atoms with E-state index in [-0.39, 0.29) is 5.75 Å². The molecule has 0 radical (unpaired) electrons. The lowest BCUT2D eigenvalue weighted by Gasteiger charge is -2.11. The number of hydrogen-bond acceptors (Lipinski definition) is 9. The average molecular weight is 389 g/mol. The van der Waals surface area contributed by atoms with Gasteiger partial charge in [-0.25, -0.2) is 25.8 Å². The fraction of sp³-hybridized carbons (Fsp3) is 0.105. The summed E-state index contributed by atoms with van der Waals surface area (Å²) in [5.74, 6) is 7.11. The Balaban J connectivity index is 1.55. The van der Waals surface area contributed by atoms with Crippen molar-refractivity contribution in [1.82, 2.24) is 29.7 Å². The molecule has 5 N–H and O–H groups in total. The van der Waals surface area contributed by atoms with Crippen LogP contribution in [-0.2, 0) is 13.6 Å². The van der Waals surface area contributed by atoms with E-state index >= 15 is 0 Å². The summed E-state index contributed by atoms with van der Waals surface area (Å²) in [6.07, 6.45) is 7.97. The first-order valence-corrected chi connectivity index (χ1v) is 8.79. The predicted octanol–water partition coefficient (Wildman–Crippen LogP) is 1.94. The number of benzene rings is 1. The zero-order valence-electron chi connectivity index (χ0n) is 15.6. The second kappa shape index (κ2) is 7.90. The molecule has 3 heterocycles. The van der Waals surface area contributed by atoms with Crippen LogP contribution in [0.5, 0.6) is 5.75 Å². The highest BCUT2D eigenvalue weighted by molar-refractivity contribution is 5.66. The van der Waals surface area contributed by atoms with Crippen LogP contribution in [-0.4, -0.2) is 34.8 Å². The van der Waals surface area contributed by atoms with Crippen LogP contribution in [0.15, 0.2) is 55.2 Å². The Labute approximate surface area is 166 Å². The van der Waals surface area contributed by atoms with Crippen molar-refractivity contribution in [2.75, 3.05) is 10.7 Å². The van der Waals surface area contributed by atoms with Gasteiger partial charge in [0.25, 0.3) is 0 Å². The Morgan fingerprint density at radius 3 is 2.59 bits per heavy atom. The van der Waals surface area contributed by atoms with Crippen molar-refractivity contribution < 1.29 is 5.11 Å². The first-order valence-electron chi connectivity index (χ1n) is 8.79. The van der Waals surface area contributed by atoms with Crippen LogP contribution in [0.3, 0.4) is 0 Å². The summed E-state index contributed by atoms with van der Waals surface area (Å²) >= 11 is 0. The van der Waals surface area contributed by atoms with Gasteiger partial charge < -0.3 is 15.8 Å². The van der Waals surface area contributed by atoms with Gasteiger partial charge in [0.05, 0.1) is 30.5 Å². The lowest BCUT2D eigenvalue weighted by Crippen LogP contribution is -2.13. The summed E-state index contributed by atoms with van der Waals surface area (Å²) in [6.45, 7) is 0.492. The fourth-order valence-corrected chi connectivity index (χ4v) is 2.79. The molecule has 3 aromatic heterocycles. The summed E-state index contributed by atoms with van der Waals surface area (Å²) < 4.78 is 1.70. The Kier molecular flexibility index (Phi) is 4.99. The zero-order valence-corrected chi connectivity index (χ0v) is 15.6. The molecule has 0 saturated carbocycles. The maximum Gasteiger partial charge on any atom is 0.183 e. The first kappa shape index (κ1) is 18.3. The molecule has 10 nitrogen and oxygen atoms in total. The molecular weight excluding hydrogens is 370 g/mol. The summed E-state index contributed by atoms with van der Waals surface area (Å²) in [5, 5.41) is 16.8. The highest BCUT2D eigenvalue weighted by atomic mass is 16.3. The Morgan fingerprint density at radius 1 is 1.03 bits per heavy atom. The second-order valence-corrected chi connectivity index (χ2v) is 6.32. The monoisotopic (exact) mass is 389 g/mol. The van der Waals surface area contributed by atoms with Gasteiger partial charge in [-0.2, -0.15) is 5.10 Å². The number of nitrogens with zero attached hydrogens (tertiary/aromatic N) is 6. The van der Waals surface area contributed by atoms with E-state index in [1.165, 1.54) is 12.4 Å². The number of hydrogen-bond donors (Lipinski definition) is 4. The van der Waals surface area contributed by atoms with E-state index < -0.39 is 0 Å². The SMILES string of the molecule is Cn1cc(-c2cnc(NN)c(NCc3cccc(-c4ncc(O)cn4)c3)n2)cn1. The van der Waals surface area contributed by atoms with E-state index in [0.29, 0.717) is 29.7 Å². The van der Waals surface area contributed by atoms with Gasteiger partial charge in [0.15, 0.2) is 23.2 Å². The number of rotatable bonds is 6. The summed E-state index contributed by atoms with van der Waals surface area (Å²) in [4.78, 5) is 17.2. The fourth-order valence-electron chi connectivity index (χ4n) is 2.79. The minimum Gasteiger partial charge on any atom is -0.505 e. The van der Waals surface area contributed by atoms with Crippen molar-refractivity contribution in [3.05, 3.63) is 60.8 Å². The smallest absolute Gasteiger partial charge is 0.183 e. The molecule has 1 aromatic carbocycles. The number of aromatic hydroxyl groups is 1. The number of nitrogen functional groups attached to an aromatic ring is 1. The molecule has 0 aliphatic heterocycles. The van der Waals surface area contributed by atoms with Crippen LogP contribution < -0.4 is 16.6 Å². The molecule has 29 heavy (non-hydrogen) atoms. The standard InChI is InChI=1S/C19H19N9O/c1-28-11-14(7-25-28)16-10-24-19(27-20)18(26-16)21-6-12-3-2-4-13(5-12)17-22-8-15(29)9-23-17/h2-5,7-11,29H,6,20H2,1H3,(H,21,26)(H,24,27). The molecule has 0 fully saturated rings. The Bertz CT molecular complexity index is 1120. The van der Waals surface area contributed by atoms with Gasteiger partial charge >= 0.3 is 0 Å². The molecule has 0 amide bonds. The van der Waals surface area contributed by atoms with Crippen molar-refractivity contribution in [1.29, 1.82) is 0 Å². The number of nitrogens with two attached hydrogens (primary N) is 1. The normalized spacial score (nSPS) is 10.7. The summed E-state index contributed by atoms with van der Waals surface area (Å²) in [5.41, 5.74) is 5.94. The first-order chi connectivity index (χ1) is 14.1. The second-order valence-electron chi connectivity index (χ2n) is 6.32. The molecule has 4 rings (SSSR count). The minimum atomic E-state index is 0.0282. The third-order valence-corrected chi connectivity index (χ3v) is 4.19. The summed E-state index contributed by atoms with van der Waals surface area (Å²) in [6, 6.07) is 7.77. The van der Waals surface area contributed by atoms with Crippen LogP contribution in [0.4, 0.5) is 11.6 Å². The lowest BCUT2D eigenvalue weighted by atomic mass is 10.1. The van der Waals surface area contributed by atoms with Gasteiger partial charge in [0, 0.05) is 30.9 Å². The van der Waals surface area contributed by atoms with Gasteiger partial charge in [0.1, 0.15) is 0 Å². The lowest BCUT2D eigenvalue weighted by molar-refractivity contribution is 0.470. The largest absolute Gasteiger partial charge is 0.505 e. The topological polar surface area (TPSA) is 140 Å².